The highest BCUT2D eigenvalue weighted by Gasteiger charge is 2.20. The quantitative estimate of drug-likeness (QED) is 0.820. The molecule has 2 N–H and O–H groups in total. The number of carboxylic acid groups (broad SMARTS) is 1. The maximum Gasteiger partial charge on any atom is 0.312 e. The van der Waals surface area contributed by atoms with Crippen LogP contribution in [0, 0.1) is 13.8 Å². The van der Waals surface area contributed by atoms with E-state index < -0.39 is 11.9 Å². The van der Waals surface area contributed by atoms with Crippen LogP contribution < -0.4 is 10.1 Å². The first-order valence-electron chi connectivity index (χ1n) is 7.72. The molecule has 24 heavy (non-hydrogen) atoms. The second-order valence-electron chi connectivity index (χ2n) is 5.66. The van der Waals surface area contributed by atoms with Gasteiger partial charge in [-0.3, -0.25) is 9.59 Å². The monoisotopic (exact) mass is 327 g/mol. The van der Waals surface area contributed by atoms with Crippen molar-refractivity contribution in [1.29, 1.82) is 0 Å². The highest BCUT2D eigenvalue weighted by molar-refractivity contribution is 5.80. The fourth-order valence-corrected chi connectivity index (χ4v) is 2.31. The average molecular weight is 327 g/mol. The van der Waals surface area contributed by atoms with E-state index in [4.69, 9.17) is 4.74 Å². The molecule has 1 unspecified atom stereocenters. The van der Waals surface area contributed by atoms with Crippen molar-refractivity contribution in [3.05, 3.63) is 65.2 Å². The van der Waals surface area contributed by atoms with Gasteiger partial charge in [0.25, 0.3) is 5.91 Å². The van der Waals surface area contributed by atoms with Crippen LogP contribution >= 0.6 is 0 Å². The minimum atomic E-state index is -0.975. The van der Waals surface area contributed by atoms with Crippen LogP contribution in [0.2, 0.25) is 0 Å². The summed E-state index contributed by atoms with van der Waals surface area (Å²) in [6.45, 7) is 3.73. The summed E-state index contributed by atoms with van der Waals surface area (Å²) in [7, 11) is 0. The van der Waals surface area contributed by atoms with Gasteiger partial charge in [-0.2, -0.15) is 0 Å². The predicted octanol–water partition coefficient (Wildman–Crippen LogP) is 2.67. The van der Waals surface area contributed by atoms with Crippen LogP contribution in [-0.4, -0.2) is 30.1 Å². The van der Waals surface area contributed by atoms with E-state index in [9.17, 15) is 14.7 Å². The van der Waals surface area contributed by atoms with E-state index in [1.54, 1.807) is 24.3 Å². The number of carbonyl (C=O) groups is 2. The SMILES string of the molecule is Cc1ccc(C)c(OCC(=O)NCC(C(=O)O)c2ccccc2)c1. The molecule has 0 fully saturated rings. The maximum atomic E-state index is 11.9. The first-order valence-corrected chi connectivity index (χ1v) is 7.72. The zero-order valence-corrected chi connectivity index (χ0v) is 13.8. The Balaban J connectivity index is 1.90. The standard InChI is InChI=1S/C19H21NO4/c1-13-8-9-14(2)17(10-13)24-12-18(21)20-11-16(19(22)23)15-6-4-3-5-7-15/h3-10,16H,11-12H2,1-2H3,(H,20,21)(H,22,23). The number of carboxylic acids is 1. The Labute approximate surface area is 141 Å². The number of ether oxygens (including phenoxy) is 1. The molecule has 5 heteroatoms. The topological polar surface area (TPSA) is 75.6 Å². The highest BCUT2D eigenvalue weighted by Crippen LogP contribution is 2.19. The second-order valence-corrected chi connectivity index (χ2v) is 5.66. The van der Waals surface area contributed by atoms with E-state index in [0.717, 1.165) is 11.1 Å². The molecule has 0 radical (unpaired) electrons. The van der Waals surface area contributed by atoms with Crippen LogP contribution in [-0.2, 0) is 9.59 Å². The first-order chi connectivity index (χ1) is 11.5. The zero-order chi connectivity index (χ0) is 17.5. The molecule has 1 amide bonds. The summed E-state index contributed by atoms with van der Waals surface area (Å²) < 4.78 is 5.52. The number of hydrogen-bond donors (Lipinski definition) is 2. The van der Waals surface area contributed by atoms with E-state index in [-0.39, 0.29) is 19.1 Å². The summed E-state index contributed by atoms with van der Waals surface area (Å²) in [6.07, 6.45) is 0. The van der Waals surface area contributed by atoms with Crippen molar-refractivity contribution < 1.29 is 19.4 Å². The third kappa shape index (κ3) is 4.84. The van der Waals surface area contributed by atoms with Crippen molar-refractivity contribution in [2.24, 2.45) is 0 Å². The van der Waals surface area contributed by atoms with Gasteiger partial charge >= 0.3 is 5.97 Å². The van der Waals surface area contributed by atoms with Crippen LogP contribution in [0.25, 0.3) is 0 Å². The van der Waals surface area contributed by atoms with E-state index in [1.807, 2.05) is 38.1 Å². The molecule has 126 valence electrons. The first kappa shape index (κ1) is 17.5. The third-order valence-electron chi connectivity index (χ3n) is 3.71. The largest absolute Gasteiger partial charge is 0.483 e. The minimum Gasteiger partial charge on any atom is -0.483 e. The minimum absolute atomic E-state index is 0.0222. The highest BCUT2D eigenvalue weighted by atomic mass is 16.5. The molecule has 1 atom stereocenters. The number of carbonyl (C=O) groups excluding carboxylic acids is 1. The number of benzene rings is 2. The van der Waals surface area contributed by atoms with Gasteiger partial charge in [0.1, 0.15) is 5.75 Å². The van der Waals surface area contributed by atoms with Crippen molar-refractivity contribution in [3.63, 3.8) is 0 Å². The van der Waals surface area contributed by atoms with Crippen molar-refractivity contribution in [2.45, 2.75) is 19.8 Å². The van der Waals surface area contributed by atoms with Crippen molar-refractivity contribution in [1.82, 2.24) is 5.32 Å². The molecule has 0 aromatic heterocycles. The summed E-state index contributed by atoms with van der Waals surface area (Å²) in [6, 6.07) is 14.6. The summed E-state index contributed by atoms with van der Waals surface area (Å²) in [5.74, 6) is -1.45. The van der Waals surface area contributed by atoms with Gasteiger partial charge in [-0.15, -0.1) is 0 Å². The van der Waals surface area contributed by atoms with Crippen LogP contribution in [0.5, 0.6) is 5.75 Å². The molecule has 5 nitrogen and oxygen atoms in total. The van der Waals surface area contributed by atoms with Gasteiger partial charge in [-0.05, 0) is 36.6 Å². The number of amides is 1. The second kappa shape index (κ2) is 8.15. The van der Waals surface area contributed by atoms with Gasteiger partial charge in [-0.1, -0.05) is 42.5 Å². The summed E-state index contributed by atoms with van der Waals surface area (Å²) in [5, 5.41) is 12.0. The van der Waals surface area contributed by atoms with Crippen LogP contribution in [0.3, 0.4) is 0 Å². The molecule has 2 aromatic carbocycles. The Morgan fingerprint density at radius 3 is 2.50 bits per heavy atom. The molecule has 0 heterocycles. The number of rotatable bonds is 7. The normalized spacial score (nSPS) is 11.6. The molecule has 0 bridgehead atoms. The van der Waals surface area contributed by atoms with Gasteiger partial charge < -0.3 is 15.2 Å². The smallest absolute Gasteiger partial charge is 0.312 e. The number of aliphatic carboxylic acids is 1. The van der Waals surface area contributed by atoms with Crippen molar-refractivity contribution in [2.75, 3.05) is 13.2 Å². The van der Waals surface area contributed by atoms with Gasteiger partial charge in [0.15, 0.2) is 6.61 Å². The average Bonchev–Trinajstić information content (AvgIpc) is 2.56. The van der Waals surface area contributed by atoms with Crippen molar-refractivity contribution in [3.8, 4) is 5.75 Å². The van der Waals surface area contributed by atoms with Crippen LogP contribution in [0.15, 0.2) is 48.5 Å². The van der Waals surface area contributed by atoms with Gasteiger partial charge in [0.2, 0.25) is 0 Å². The Bertz CT molecular complexity index is 713. The van der Waals surface area contributed by atoms with Crippen LogP contribution in [0.4, 0.5) is 0 Å². The van der Waals surface area contributed by atoms with Gasteiger partial charge in [-0.25, -0.2) is 0 Å². The van der Waals surface area contributed by atoms with E-state index >= 15 is 0 Å². The molecule has 0 aliphatic carbocycles. The fourth-order valence-electron chi connectivity index (χ4n) is 2.31. The molecule has 0 saturated carbocycles. The summed E-state index contributed by atoms with van der Waals surface area (Å²) in [4.78, 5) is 23.3. The van der Waals surface area contributed by atoms with Gasteiger partial charge in [0.05, 0.1) is 5.92 Å². The predicted molar refractivity (Wildman–Crippen MR) is 91.2 cm³/mol. The molecule has 2 rings (SSSR count). The van der Waals surface area contributed by atoms with Crippen LogP contribution in [0.1, 0.15) is 22.6 Å². The Morgan fingerprint density at radius 2 is 1.83 bits per heavy atom. The maximum absolute atomic E-state index is 11.9. The lowest BCUT2D eigenvalue weighted by molar-refractivity contribution is -0.138. The molecule has 0 spiro atoms. The number of nitrogens with one attached hydrogen (secondary N) is 1. The summed E-state index contributed by atoms with van der Waals surface area (Å²) >= 11 is 0. The molecular weight excluding hydrogens is 306 g/mol. The lowest BCUT2D eigenvalue weighted by Crippen LogP contribution is -2.34. The number of hydrogen-bond acceptors (Lipinski definition) is 3. The zero-order valence-electron chi connectivity index (χ0n) is 13.8. The molecular formula is C19H21NO4. The third-order valence-corrected chi connectivity index (χ3v) is 3.71. The van der Waals surface area contributed by atoms with E-state index in [2.05, 4.69) is 5.32 Å². The molecule has 2 aromatic rings. The number of aryl methyl sites for hydroxylation is 2. The molecule has 0 saturated heterocycles. The lowest BCUT2D eigenvalue weighted by atomic mass is 9.99. The lowest BCUT2D eigenvalue weighted by Gasteiger charge is -2.14. The molecule has 0 aliphatic rings. The summed E-state index contributed by atoms with van der Waals surface area (Å²) in [5.41, 5.74) is 2.65. The Kier molecular flexibility index (Phi) is 5.95. The Morgan fingerprint density at radius 1 is 1.12 bits per heavy atom. The van der Waals surface area contributed by atoms with Gasteiger partial charge in [0, 0.05) is 6.54 Å². The van der Waals surface area contributed by atoms with Crippen molar-refractivity contribution >= 4 is 11.9 Å². The van der Waals surface area contributed by atoms with E-state index in [1.165, 1.54) is 0 Å². The van der Waals surface area contributed by atoms with E-state index in [0.29, 0.717) is 11.3 Å². The Hall–Kier alpha value is -2.82. The molecule has 0 aliphatic heterocycles. The fraction of sp³-hybridized carbons (Fsp3) is 0.263.